The predicted molar refractivity (Wildman–Crippen MR) is 74.5 cm³/mol. The van der Waals surface area contributed by atoms with Crippen molar-refractivity contribution in [2.45, 2.75) is 23.1 Å². The van der Waals surface area contributed by atoms with E-state index < -0.39 is 0 Å². The van der Waals surface area contributed by atoms with Crippen LogP contribution in [-0.2, 0) is 6.42 Å². The predicted octanol–water partition coefficient (Wildman–Crippen LogP) is 3.79. The normalized spacial score (nSPS) is 10.6. The Balaban J connectivity index is 2.22. The summed E-state index contributed by atoms with van der Waals surface area (Å²) >= 11 is 1.46. The molecule has 0 unspecified atom stereocenters. The van der Waals surface area contributed by atoms with Gasteiger partial charge in [-0.3, -0.25) is 0 Å². The quantitative estimate of drug-likeness (QED) is 0.906. The van der Waals surface area contributed by atoms with E-state index in [0.717, 1.165) is 16.0 Å². The minimum absolute atomic E-state index is 0.172. The average molecular weight is 261 g/mol. The van der Waals surface area contributed by atoms with Crippen LogP contribution >= 0.6 is 11.8 Å². The summed E-state index contributed by atoms with van der Waals surface area (Å²) in [7, 11) is 0. The molecule has 0 atom stereocenters. The van der Waals surface area contributed by atoms with E-state index >= 15 is 0 Å². The van der Waals surface area contributed by atoms with E-state index in [1.807, 2.05) is 43.3 Å². The van der Waals surface area contributed by atoms with Crippen LogP contribution in [0.1, 0.15) is 11.1 Å². The molecular formula is C15H16FNS. The molecule has 18 heavy (non-hydrogen) atoms. The van der Waals surface area contributed by atoms with E-state index in [1.165, 1.54) is 11.8 Å². The van der Waals surface area contributed by atoms with Gasteiger partial charge in [0.15, 0.2) is 0 Å². The lowest BCUT2D eigenvalue weighted by Crippen LogP contribution is -2.02. The Morgan fingerprint density at radius 2 is 1.89 bits per heavy atom. The molecule has 0 aromatic heterocycles. The van der Waals surface area contributed by atoms with Crippen molar-refractivity contribution in [2.75, 3.05) is 6.54 Å². The van der Waals surface area contributed by atoms with Crippen LogP contribution in [0.15, 0.2) is 52.3 Å². The highest BCUT2D eigenvalue weighted by atomic mass is 32.2. The van der Waals surface area contributed by atoms with Gasteiger partial charge in [0.25, 0.3) is 0 Å². The fourth-order valence-corrected chi connectivity index (χ4v) is 2.64. The lowest BCUT2D eigenvalue weighted by molar-refractivity contribution is 0.599. The molecule has 2 N–H and O–H groups in total. The standard InChI is InChI=1S/C15H16FNS/c1-11-4-2-3-5-14(11)18-15-7-6-12(8-9-17)10-13(15)16/h2-7,10H,8-9,17H2,1H3. The lowest BCUT2D eigenvalue weighted by Gasteiger charge is -2.07. The van der Waals surface area contributed by atoms with Crippen LogP contribution < -0.4 is 5.73 Å². The largest absolute Gasteiger partial charge is 0.330 e. The molecule has 0 fully saturated rings. The molecule has 94 valence electrons. The van der Waals surface area contributed by atoms with Gasteiger partial charge < -0.3 is 5.73 Å². The van der Waals surface area contributed by atoms with E-state index in [0.29, 0.717) is 17.9 Å². The minimum Gasteiger partial charge on any atom is -0.330 e. The second-order valence-corrected chi connectivity index (χ2v) is 5.25. The lowest BCUT2D eigenvalue weighted by atomic mass is 10.1. The van der Waals surface area contributed by atoms with Gasteiger partial charge in [0, 0.05) is 9.79 Å². The van der Waals surface area contributed by atoms with Crippen molar-refractivity contribution in [1.82, 2.24) is 0 Å². The molecule has 0 amide bonds. The zero-order chi connectivity index (χ0) is 13.0. The molecule has 2 rings (SSSR count). The summed E-state index contributed by atoms with van der Waals surface area (Å²) in [5.41, 5.74) is 7.57. The van der Waals surface area contributed by atoms with Crippen molar-refractivity contribution in [3.63, 3.8) is 0 Å². The van der Waals surface area contributed by atoms with E-state index in [4.69, 9.17) is 5.73 Å². The highest BCUT2D eigenvalue weighted by molar-refractivity contribution is 7.99. The number of hydrogen-bond donors (Lipinski definition) is 1. The first-order chi connectivity index (χ1) is 8.70. The van der Waals surface area contributed by atoms with Crippen LogP contribution in [-0.4, -0.2) is 6.54 Å². The molecule has 1 nitrogen and oxygen atoms in total. The van der Waals surface area contributed by atoms with Crippen molar-refractivity contribution in [2.24, 2.45) is 5.73 Å². The van der Waals surface area contributed by atoms with Crippen LogP contribution in [0, 0.1) is 12.7 Å². The number of aryl methyl sites for hydroxylation is 1. The summed E-state index contributed by atoms with van der Waals surface area (Å²) in [5, 5.41) is 0. The maximum Gasteiger partial charge on any atom is 0.137 e. The van der Waals surface area contributed by atoms with E-state index in [2.05, 4.69) is 0 Å². The van der Waals surface area contributed by atoms with Crippen molar-refractivity contribution >= 4 is 11.8 Å². The first-order valence-electron chi connectivity index (χ1n) is 5.92. The molecule has 0 aliphatic heterocycles. The van der Waals surface area contributed by atoms with Crippen molar-refractivity contribution in [1.29, 1.82) is 0 Å². The summed E-state index contributed by atoms with van der Waals surface area (Å²) in [5.74, 6) is -0.172. The summed E-state index contributed by atoms with van der Waals surface area (Å²) in [6.45, 7) is 2.58. The molecule has 2 aromatic rings. The third kappa shape index (κ3) is 3.12. The third-order valence-corrected chi connectivity index (χ3v) is 3.97. The third-order valence-electron chi connectivity index (χ3n) is 2.74. The Labute approximate surface area is 111 Å². The molecule has 3 heteroatoms. The number of halogens is 1. The summed E-state index contributed by atoms with van der Waals surface area (Å²) in [6, 6.07) is 13.3. The van der Waals surface area contributed by atoms with Crippen LogP contribution in [0.2, 0.25) is 0 Å². The molecule has 0 aliphatic rings. The van der Waals surface area contributed by atoms with Crippen LogP contribution in [0.5, 0.6) is 0 Å². The smallest absolute Gasteiger partial charge is 0.137 e. The first kappa shape index (κ1) is 13.1. The van der Waals surface area contributed by atoms with Crippen LogP contribution in [0.4, 0.5) is 4.39 Å². The SMILES string of the molecule is Cc1ccccc1Sc1ccc(CCN)cc1F. The van der Waals surface area contributed by atoms with Crippen molar-refractivity contribution in [3.8, 4) is 0 Å². The van der Waals surface area contributed by atoms with Gasteiger partial charge in [0.05, 0.1) is 0 Å². The number of benzene rings is 2. The number of rotatable bonds is 4. The molecule has 0 heterocycles. The van der Waals surface area contributed by atoms with Gasteiger partial charge in [-0.15, -0.1) is 0 Å². The van der Waals surface area contributed by atoms with Gasteiger partial charge in [-0.1, -0.05) is 36.0 Å². The highest BCUT2D eigenvalue weighted by Crippen LogP contribution is 2.32. The first-order valence-corrected chi connectivity index (χ1v) is 6.74. The molecule has 0 aliphatic carbocycles. The zero-order valence-corrected chi connectivity index (χ0v) is 11.1. The molecule has 0 bridgehead atoms. The second-order valence-electron chi connectivity index (χ2n) is 4.17. The van der Waals surface area contributed by atoms with Gasteiger partial charge in [0.2, 0.25) is 0 Å². The number of nitrogens with two attached hydrogens (primary N) is 1. The van der Waals surface area contributed by atoms with E-state index in [1.54, 1.807) is 6.07 Å². The molecule has 2 aromatic carbocycles. The zero-order valence-electron chi connectivity index (χ0n) is 10.3. The summed E-state index contributed by atoms with van der Waals surface area (Å²) < 4.78 is 13.9. The minimum atomic E-state index is -0.172. The Hall–Kier alpha value is -1.32. The summed E-state index contributed by atoms with van der Waals surface area (Å²) in [4.78, 5) is 1.74. The van der Waals surface area contributed by atoms with Gasteiger partial charge in [0.1, 0.15) is 5.82 Å². The van der Waals surface area contributed by atoms with Crippen molar-refractivity contribution in [3.05, 3.63) is 59.4 Å². The second kappa shape index (κ2) is 6.03. The monoisotopic (exact) mass is 261 g/mol. The highest BCUT2D eigenvalue weighted by Gasteiger charge is 2.06. The van der Waals surface area contributed by atoms with Crippen molar-refractivity contribution < 1.29 is 4.39 Å². The Morgan fingerprint density at radius 3 is 2.56 bits per heavy atom. The van der Waals surface area contributed by atoms with Gasteiger partial charge >= 0.3 is 0 Å². The van der Waals surface area contributed by atoms with E-state index in [-0.39, 0.29) is 5.82 Å². The molecule has 0 spiro atoms. The fourth-order valence-electron chi connectivity index (χ4n) is 1.74. The molecule has 0 saturated carbocycles. The van der Waals surface area contributed by atoms with Crippen LogP contribution in [0.25, 0.3) is 0 Å². The van der Waals surface area contributed by atoms with E-state index in [9.17, 15) is 4.39 Å². The fraction of sp³-hybridized carbons (Fsp3) is 0.200. The van der Waals surface area contributed by atoms with Gasteiger partial charge in [-0.25, -0.2) is 4.39 Å². The number of hydrogen-bond acceptors (Lipinski definition) is 2. The Kier molecular flexibility index (Phi) is 4.39. The molecular weight excluding hydrogens is 245 g/mol. The average Bonchev–Trinajstić information content (AvgIpc) is 2.35. The summed E-state index contributed by atoms with van der Waals surface area (Å²) in [6.07, 6.45) is 0.715. The van der Waals surface area contributed by atoms with Gasteiger partial charge in [-0.2, -0.15) is 0 Å². The Bertz CT molecular complexity index is 540. The maximum atomic E-state index is 13.9. The Morgan fingerprint density at radius 1 is 1.11 bits per heavy atom. The molecule has 0 saturated heterocycles. The molecule has 0 radical (unpaired) electrons. The van der Waals surface area contributed by atoms with Gasteiger partial charge in [-0.05, 0) is 49.2 Å². The van der Waals surface area contributed by atoms with Crippen LogP contribution in [0.3, 0.4) is 0 Å². The topological polar surface area (TPSA) is 26.0 Å². The maximum absolute atomic E-state index is 13.9.